The minimum absolute atomic E-state index is 0.00413. The number of halogens is 1. The summed E-state index contributed by atoms with van der Waals surface area (Å²) in [5.74, 6) is -0.649. The van der Waals surface area contributed by atoms with Gasteiger partial charge in [0.2, 0.25) is 5.67 Å². The first kappa shape index (κ1) is 22.0. The Labute approximate surface area is 182 Å². The highest BCUT2D eigenvalue weighted by Crippen LogP contribution is 2.45. The molecule has 1 aromatic carbocycles. The fourth-order valence-corrected chi connectivity index (χ4v) is 5.32. The Balaban J connectivity index is 1.41. The van der Waals surface area contributed by atoms with Gasteiger partial charge in [0.25, 0.3) is 5.91 Å². The number of anilines is 1. The average Bonchev–Trinajstić information content (AvgIpc) is 3.02. The molecule has 170 valence electrons. The van der Waals surface area contributed by atoms with Crippen LogP contribution in [0.15, 0.2) is 24.3 Å². The van der Waals surface area contributed by atoms with E-state index >= 15 is 4.39 Å². The molecule has 0 radical (unpaired) electrons. The predicted molar refractivity (Wildman–Crippen MR) is 115 cm³/mol. The molecule has 3 aliphatic heterocycles. The Morgan fingerprint density at radius 1 is 1.19 bits per heavy atom. The molecule has 0 bridgehead atoms. The number of ether oxygens (including phenoxy) is 1. The van der Waals surface area contributed by atoms with E-state index in [2.05, 4.69) is 11.8 Å². The van der Waals surface area contributed by atoms with Crippen molar-refractivity contribution in [3.05, 3.63) is 29.8 Å². The minimum Gasteiger partial charge on any atom is -0.450 e. The van der Waals surface area contributed by atoms with Gasteiger partial charge in [0, 0.05) is 43.3 Å². The summed E-state index contributed by atoms with van der Waals surface area (Å²) in [5.41, 5.74) is -1.50. The van der Waals surface area contributed by atoms with Gasteiger partial charge in [-0.2, -0.15) is 0 Å². The number of benzene rings is 1. The highest BCUT2D eigenvalue weighted by Gasteiger charge is 2.53. The number of amides is 2. The maximum absolute atomic E-state index is 15.3. The number of rotatable bonds is 4. The third-order valence-electron chi connectivity index (χ3n) is 7.33. The van der Waals surface area contributed by atoms with Crippen molar-refractivity contribution in [2.75, 3.05) is 44.3 Å². The maximum atomic E-state index is 15.3. The summed E-state index contributed by atoms with van der Waals surface area (Å²) in [4.78, 5) is 30.7. The molecule has 0 saturated carbocycles. The zero-order valence-electron chi connectivity index (χ0n) is 18.3. The molecule has 3 heterocycles. The quantitative estimate of drug-likeness (QED) is 0.790. The summed E-state index contributed by atoms with van der Waals surface area (Å²) in [5, 5.41) is 9.63. The molecule has 1 unspecified atom stereocenters. The number of nitrogens with zero attached hydrogens (tertiary/aromatic N) is 3. The molecule has 0 aromatic heterocycles. The number of para-hydroxylation sites is 1. The van der Waals surface area contributed by atoms with E-state index in [4.69, 9.17) is 4.74 Å². The SMILES string of the molecule is CCOC(=O)N1CCC(C)(N2CCC(N3C(=O)C(F)(CO)c4ccccc43)CC2)CC1. The van der Waals surface area contributed by atoms with Gasteiger partial charge < -0.3 is 19.6 Å². The molecular weight excluding hydrogens is 401 g/mol. The highest BCUT2D eigenvalue weighted by molar-refractivity contribution is 6.07. The van der Waals surface area contributed by atoms with Gasteiger partial charge in [-0.1, -0.05) is 18.2 Å². The van der Waals surface area contributed by atoms with Crippen LogP contribution in [0.25, 0.3) is 0 Å². The lowest BCUT2D eigenvalue weighted by Crippen LogP contribution is -2.58. The molecule has 3 aliphatic rings. The molecule has 0 aliphatic carbocycles. The van der Waals surface area contributed by atoms with E-state index in [0.29, 0.717) is 25.4 Å². The van der Waals surface area contributed by atoms with Crippen molar-refractivity contribution in [3.63, 3.8) is 0 Å². The lowest BCUT2D eigenvalue weighted by atomic mass is 9.85. The third kappa shape index (κ3) is 3.69. The second-order valence-electron chi connectivity index (χ2n) is 9.05. The number of aliphatic hydroxyl groups is 1. The van der Waals surface area contributed by atoms with Crippen LogP contribution in [0.5, 0.6) is 0 Å². The van der Waals surface area contributed by atoms with Crippen LogP contribution in [0, 0.1) is 0 Å². The smallest absolute Gasteiger partial charge is 0.409 e. The molecule has 8 heteroatoms. The van der Waals surface area contributed by atoms with Gasteiger partial charge in [0.1, 0.15) is 0 Å². The molecule has 2 amide bonds. The van der Waals surface area contributed by atoms with E-state index in [1.54, 1.807) is 34.1 Å². The Morgan fingerprint density at radius 3 is 2.45 bits per heavy atom. The molecule has 4 rings (SSSR count). The topological polar surface area (TPSA) is 73.3 Å². The van der Waals surface area contributed by atoms with Crippen LogP contribution >= 0.6 is 0 Å². The first-order valence-corrected chi connectivity index (χ1v) is 11.2. The van der Waals surface area contributed by atoms with Gasteiger partial charge in [-0.25, -0.2) is 9.18 Å². The fraction of sp³-hybridized carbons (Fsp3) is 0.652. The van der Waals surface area contributed by atoms with Gasteiger partial charge in [0.05, 0.1) is 18.9 Å². The Bertz CT molecular complexity index is 834. The Hall–Kier alpha value is -2.19. The Morgan fingerprint density at radius 2 is 1.84 bits per heavy atom. The number of fused-ring (bicyclic) bond motifs is 1. The Kier molecular flexibility index (Phi) is 5.96. The number of alkyl halides is 1. The molecule has 2 saturated heterocycles. The first-order valence-electron chi connectivity index (χ1n) is 11.2. The molecular formula is C23H32FN3O4. The van der Waals surface area contributed by atoms with E-state index in [0.717, 1.165) is 38.8 Å². The van der Waals surface area contributed by atoms with E-state index in [1.165, 1.54) is 0 Å². The monoisotopic (exact) mass is 433 g/mol. The van der Waals surface area contributed by atoms with Gasteiger partial charge in [-0.05, 0) is 45.6 Å². The first-order chi connectivity index (χ1) is 14.8. The van der Waals surface area contributed by atoms with E-state index in [1.807, 2.05) is 6.92 Å². The zero-order valence-corrected chi connectivity index (χ0v) is 18.3. The molecule has 1 atom stereocenters. The lowest BCUT2D eigenvalue weighted by molar-refractivity contribution is -0.132. The van der Waals surface area contributed by atoms with E-state index in [-0.39, 0.29) is 23.2 Å². The normalized spacial score (nSPS) is 26.8. The highest BCUT2D eigenvalue weighted by atomic mass is 19.1. The largest absolute Gasteiger partial charge is 0.450 e. The second kappa shape index (κ2) is 8.39. The maximum Gasteiger partial charge on any atom is 0.409 e. The van der Waals surface area contributed by atoms with Crippen molar-refractivity contribution in [1.29, 1.82) is 0 Å². The lowest BCUT2D eigenvalue weighted by Gasteiger charge is -2.49. The van der Waals surface area contributed by atoms with Crippen molar-refractivity contribution in [2.45, 2.75) is 56.8 Å². The number of hydrogen-bond acceptors (Lipinski definition) is 5. The summed E-state index contributed by atoms with van der Waals surface area (Å²) in [6.45, 7) is 6.57. The van der Waals surface area contributed by atoms with Crippen LogP contribution in [0.4, 0.5) is 14.9 Å². The predicted octanol–water partition coefficient (Wildman–Crippen LogP) is 2.67. The van der Waals surface area contributed by atoms with Gasteiger partial charge in [-0.15, -0.1) is 0 Å². The zero-order chi connectivity index (χ0) is 22.2. The van der Waals surface area contributed by atoms with Crippen molar-refractivity contribution in [2.24, 2.45) is 0 Å². The number of aliphatic hydroxyl groups excluding tert-OH is 1. The summed E-state index contributed by atoms with van der Waals surface area (Å²) < 4.78 is 20.4. The third-order valence-corrected chi connectivity index (χ3v) is 7.33. The molecule has 7 nitrogen and oxygen atoms in total. The fourth-order valence-electron chi connectivity index (χ4n) is 5.32. The molecule has 0 spiro atoms. The van der Waals surface area contributed by atoms with Gasteiger partial charge in [-0.3, -0.25) is 9.69 Å². The number of carbonyl (C=O) groups is 2. The molecule has 1 aromatic rings. The van der Waals surface area contributed by atoms with Crippen LogP contribution in [0.2, 0.25) is 0 Å². The van der Waals surface area contributed by atoms with Crippen LogP contribution in [-0.2, 0) is 15.2 Å². The van der Waals surface area contributed by atoms with Crippen molar-refractivity contribution in [3.8, 4) is 0 Å². The molecule has 2 fully saturated rings. The van der Waals surface area contributed by atoms with Gasteiger partial charge in [0.15, 0.2) is 0 Å². The minimum atomic E-state index is -2.35. The van der Waals surface area contributed by atoms with Gasteiger partial charge >= 0.3 is 6.09 Å². The van der Waals surface area contributed by atoms with Crippen LogP contribution < -0.4 is 4.90 Å². The van der Waals surface area contributed by atoms with Crippen LogP contribution in [-0.4, -0.2) is 77.9 Å². The second-order valence-corrected chi connectivity index (χ2v) is 9.05. The van der Waals surface area contributed by atoms with Crippen LogP contribution in [0.1, 0.15) is 45.1 Å². The summed E-state index contributed by atoms with van der Waals surface area (Å²) in [6, 6.07) is 6.78. The summed E-state index contributed by atoms with van der Waals surface area (Å²) in [6.07, 6.45) is 3.01. The number of likely N-dealkylation sites (tertiary alicyclic amines) is 2. The van der Waals surface area contributed by atoms with E-state index in [9.17, 15) is 14.7 Å². The molecule has 31 heavy (non-hydrogen) atoms. The van der Waals surface area contributed by atoms with Crippen molar-refractivity contribution >= 4 is 17.7 Å². The standard InChI is InChI=1S/C23H32FN3O4/c1-3-31-21(30)25-14-10-22(2,11-15-25)26-12-8-17(9-13-26)27-19-7-5-4-6-18(19)23(24,16-28)20(27)29/h4-7,17,28H,3,8-16H2,1-2H3. The number of piperidine rings is 2. The van der Waals surface area contributed by atoms with Crippen molar-refractivity contribution in [1.82, 2.24) is 9.80 Å². The molecule has 1 N–H and O–H groups in total. The van der Waals surface area contributed by atoms with Crippen LogP contribution in [0.3, 0.4) is 0 Å². The number of hydrogen-bond donors (Lipinski definition) is 1. The summed E-state index contributed by atoms with van der Waals surface area (Å²) in [7, 11) is 0. The van der Waals surface area contributed by atoms with E-state index < -0.39 is 18.2 Å². The van der Waals surface area contributed by atoms with Crippen molar-refractivity contribution < 1.29 is 23.8 Å². The summed E-state index contributed by atoms with van der Waals surface area (Å²) >= 11 is 0. The average molecular weight is 434 g/mol. The number of carbonyl (C=O) groups excluding carboxylic acids is 2.